The quantitative estimate of drug-likeness (QED) is 0.756. The Kier molecular flexibility index (Phi) is 3.05. The molecule has 1 unspecified atom stereocenters. The molecule has 1 saturated heterocycles. The molecule has 90 valence electrons. The van der Waals surface area contributed by atoms with Gasteiger partial charge in [0.2, 0.25) is 0 Å². The highest BCUT2D eigenvalue weighted by Gasteiger charge is 2.41. The van der Waals surface area contributed by atoms with E-state index in [4.69, 9.17) is 11.6 Å². The molecule has 2 rings (SSSR count). The van der Waals surface area contributed by atoms with Crippen molar-refractivity contribution in [2.24, 2.45) is 5.92 Å². The van der Waals surface area contributed by atoms with Crippen molar-refractivity contribution in [2.75, 3.05) is 11.4 Å². The van der Waals surface area contributed by atoms with Crippen molar-refractivity contribution in [3.8, 4) is 6.07 Å². The van der Waals surface area contributed by atoms with Crippen LogP contribution < -0.4 is 4.90 Å². The lowest BCUT2D eigenvalue weighted by Crippen LogP contribution is -2.42. The molecule has 1 heterocycles. The Bertz CT molecular complexity index is 474. The Hall–Kier alpha value is -1.20. The average molecular weight is 249 g/mol. The second-order valence-corrected chi connectivity index (χ2v) is 5.64. The number of nitrogens with zero attached hydrogens (tertiary/aromatic N) is 2. The number of hydrogen-bond acceptors (Lipinski definition) is 2. The summed E-state index contributed by atoms with van der Waals surface area (Å²) in [4.78, 5) is 2.33. The van der Waals surface area contributed by atoms with Crippen LogP contribution in [0.3, 0.4) is 0 Å². The summed E-state index contributed by atoms with van der Waals surface area (Å²) < 4.78 is 0. The largest absolute Gasteiger partial charge is 0.365 e. The summed E-state index contributed by atoms with van der Waals surface area (Å²) in [6, 6.07) is 8.37. The number of nitriles is 1. The fraction of sp³-hybridized carbons (Fsp3) is 0.500. The number of benzene rings is 1. The van der Waals surface area contributed by atoms with Gasteiger partial charge < -0.3 is 4.90 Å². The van der Waals surface area contributed by atoms with Crippen molar-refractivity contribution in [2.45, 2.75) is 32.7 Å². The normalized spacial score (nSPS) is 22.5. The summed E-state index contributed by atoms with van der Waals surface area (Å²) in [5.74, 6) is 0.0950. The molecular weight excluding hydrogens is 232 g/mol. The third-order valence-corrected chi connectivity index (χ3v) is 4.03. The Morgan fingerprint density at radius 3 is 2.71 bits per heavy atom. The fourth-order valence-corrected chi connectivity index (χ4v) is 2.89. The zero-order valence-electron chi connectivity index (χ0n) is 10.5. The third-order valence-electron chi connectivity index (χ3n) is 3.80. The van der Waals surface area contributed by atoms with Crippen molar-refractivity contribution < 1.29 is 0 Å². The minimum absolute atomic E-state index is 0.0950. The molecular formula is C14H17ClN2. The summed E-state index contributed by atoms with van der Waals surface area (Å²) >= 11 is 5.98. The SMILES string of the molecule is Cc1cc(Cl)ccc1N1CCC(C#N)C1(C)C. The number of hydrogen-bond donors (Lipinski definition) is 0. The highest BCUT2D eigenvalue weighted by Crippen LogP contribution is 2.39. The summed E-state index contributed by atoms with van der Waals surface area (Å²) in [7, 11) is 0. The van der Waals surface area contributed by atoms with E-state index in [0.29, 0.717) is 0 Å². The van der Waals surface area contributed by atoms with E-state index in [2.05, 4.69) is 37.8 Å². The lowest BCUT2D eigenvalue weighted by Gasteiger charge is -2.36. The monoisotopic (exact) mass is 248 g/mol. The third kappa shape index (κ3) is 2.00. The van der Waals surface area contributed by atoms with Gasteiger partial charge in [-0.3, -0.25) is 0 Å². The molecule has 2 nitrogen and oxygen atoms in total. The van der Waals surface area contributed by atoms with Crippen LogP contribution in [0, 0.1) is 24.2 Å². The molecule has 0 N–H and O–H groups in total. The molecule has 1 aromatic carbocycles. The minimum atomic E-state index is -0.104. The second kappa shape index (κ2) is 4.23. The highest BCUT2D eigenvalue weighted by atomic mass is 35.5. The first kappa shape index (κ1) is 12.3. The van der Waals surface area contributed by atoms with Crippen LogP contribution in [0.4, 0.5) is 5.69 Å². The van der Waals surface area contributed by atoms with Crippen LogP contribution in [0.1, 0.15) is 25.8 Å². The summed E-state index contributed by atoms with van der Waals surface area (Å²) in [6.07, 6.45) is 0.936. The topological polar surface area (TPSA) is 27.0 Å². The Balaban J connectivity index is 2.39. The standard InChI is InChI=1S/C14H17ClN2/c1-10-8-12(15)4-5-13(10)17-7-6-11(9-16)14(17,2)3/h4-5,8,11H,6-7H2,1-3H3. The first-order valence-electron chi connectivity index (χ1n) is 5.90. The van der Waals surface area contributed by atoms with Crippen LogP contribution in [0.25, 0.3) is 0 Å². The summed E-state index contributed by atoms with van der Waals surface area (Å²) in [5, 5.41) is 9.95. The number of aryl methyl sites for hydroxylation is 1. The molecule has 0 bridgehead atoms. The predicted molar refractivity (Wildman–Crippen MR) is 71.3 cm³/mol. The first-order valence-corrected chi connectivity index (χ1v) is 6.28. The van der Waals surface area contributed by atoms with Gasteiger partial charge >= 0.3 is 0 Å². The average Bonchev–Trinajstić information content (AvgIpc) is 2.54. The lowest BCUT2D eigenvalue weighted by atomic mass is 9.89. The minimum Gasteiger partial charge on any atom is -0.365 e. The van der Waals surface area contributed by atoms with Crippen molar-refractivity contribution >= 4 is 17.3 Å². The van der Waals surface area contributed by atoms with Crippen LogP contribution >= 0.6 is 11.6 Å². The van der Waals surface area contributed by atoms with Gasteiger partial charge in [0.15, 0.2) is 0 Å². The van der Waals surface area contributed by atoms with Crippen molar-refractivity contribution in [3.05, 3.63) is 28.8 Å². The van der Waals surface area contributed by atoms with E-state index in [1.54, 1.807) is 0 Å². The molecule has 0 amide bonds. The Morgan fingerprint density at radius 2 is 2.18 bits per heavy atom. The number of rotatable bonds is 1. The molecule has 0 spiro atoms. The van der Waals surface area contributed by atoms with E-state index < -0.39 is 0 Å². The lowest BCUT2D eigenvalue weighted by molar-refractivity contribution is 0.438. The zero-order valence-corrected chi connectivity index (χ0v) is 11.3. The van der Waals surface area contributed by atoms with Crippen molar-refractivity contribution in [1.82, 2.24) is 0 Å². The van der Waals surface area contributed by atoms with Gasteiger partial charge in [-0.15, -0.1) is 0 Å². The summed E-state index contributed by atoms with van der Waals surface area (Å²) in [6.45, 7) is 7.29. The van der Waals surface area contributed by atoms with Gasteiger partial charge in [0.05, 0.1) is 17.5 Å². The number of halogens is 1. The second-order valence-electron chi connectivity index (χ2n) is 5.21. The van der Waals surface area contributed by atoms with Gasteiger partial charge in [0, 0.05) is 17.3 Å². The van der Waals surface area contributed by atoms with E-state index in [-0.39, 0.29) is 11.5 Å². The number of anilines is 1. The van der Waals surface area contributed by atoms with E-state index in [1.807, 2.05) is 12.1 Å². The smallest absolute Gasteiger partial charge is 0.0706 e. The molecule has 1 aromatic rings. The zero-order chi connectivity index (χ0) is 12.6. The van der Waals surface area contributed by atoms with Crippen LogP contribution in [0.15, 0.2) is 18.2 Å². The highest BCUT2D eigenvalue weighted by molar-refractivity contribution is 6.30. The molecule has 0 radical (unpaired) electrons. The maximum atomic E-state index is 9.18. The Labute approximate surface area is 108 Å². The predicted octanol–water partition coefficient (Wildman–Crippen LogP) is 3.78. The molecule has 0 aliphatic carbocycles. The molecule has 17 heavy (non-hydrogen) atoms. The van der Waals surface area contributed by atoms with E-state index in [9.17, 15) is 5.26 Å². The first-order chi connectivity index (χ1) is 7.96. The van der Waals surface area contributed by atoms with Gasteiger partial charge in [0.1, 0.15) is 0 Å². The van der Waals surface area contributed by atoms with Crippen LogP contribution in [-0.4, -0.2) is 12.1 Å². The van der Waals surface area contributed by atoms with Gasteiger partial charge in [-0.2, -0.15) is 5.26 Å². The van der Waals surface area contributed by atoms with E-state index >= 15 is 0 Å². The van der Waals surface area contributed by atoms with Crippen LogP contribution in [0.5, 0.6) is 0 Å². The maximum Gasteiger partial charge on any atom is 0.0706 e. The molecule has 3 heteroatoms. The van der Waals surface area contributed by atoms with Gasteiger partial charge in [-0.1, -0.05) is 11.6 Å². The van der Waals surface area contributed by atoms with Gasteiger partial charge in [-0.25, -0.2) is 0 Å². The van der Waals surface area contributed by atoms with Crippen LogP contribution in [-0.2, 0) is 0 Å². The molecule has 1 atom stereocenters. The molecule has 1 aliphatic heterocycles. The molecule has 0 saturated carbocycles. The summed E-state index contributed by atoms with van der Waals surface area (Å²) in [5.41, 5.74) is 2.26. The van der Waals surface area contributed by atoms with Crippen molar-refractivity contribution in [3.63, 3.8) is 0 Å². The van der Waals surface area contributed by atoms with E-state index in [0.717, 1.165) is 18.0 Å². The molecule has 1 aliphatic rings. The van der Waals surface area contributed by atoms with Crippen LogP contribution in [0.2, 0.25) is 5.02 Å². The van der Waals surface area contributed by atoms with Gasteiger partial charge in [0.25, 0.3) is 0 Å². The van der Waals surface area contributed by atoms with E-state index in [1.165, 1.54) is 11.3 Å². The molecule has 1 fully saturated rings. The fourth-order valence-electron chi connectivity index (χ4n) is 2.66. The molecule has 0 aromatic heterocycles. The van der Waals surface area contributed by atoms with Crippen molar-refractivity contribution in [1.29, 1.82) is 5.26 Å². The maximum absolute atomic E-state index is 9.18. The van der Waals surface area contributed by atoms with Gasteiger partial charge in [-0.05, 0) is 51.0 Å². The Morgan fingerprint density at radius 1 is 1.47 bits per heavy atom.